The van der Waals surface area contributed by atoms with Crippen LogP contribution in [0, 0.1) is 0 Å². The Balaban J connectivity index is 1.46. The third kappa shape index (κ3) is 3.91. The molecule has 3 aliphatic heterocycles. The SMILES string of the molecule is NC=C(C=NC1CCNCC1)Cc1ccc2c3c(cccc13)C(=O)N2C1CCC(=O)NC1=O. The fraction of sp³-hybridized carbons (Fsp3) is 0.360. The number of anilines is 1. The number of hydrogen-bond donors (Lipinski definition) is 3. The van der Waals surface area contributed by atoms with Gasteiger partial charge in [0, 0.05) is 30.0 Å². The molecule has 0 aliphatic carbocycles. The van der Waals surface area contributed by atoms with Crippen LogP contribution in [-0.4, -0.2) is 49.1 Å². The van der Waals surface area contributed by atoms with Crippen molar-refractivity contribution in [1.29, 1.82) is 0 Å². The number of nitrogens with one attached hydrogen (secondary N) is 2. The highest BCUT2D eigenvalue weighted by Gasteiger charge is 2.40. The predicted molar refractivity (Wildman–Crippen MR) is 127 cm³/mol. The van der Waals surface area contributed by atoms with Crippen LogP contribution in [0.1, 0.15) is 41.6 Å². The maximum atomic E-state index is 13.3. The Hall–Kier alpha value is -3.52. The molecule has 5 rings (SSSR count). The lowest BCUT2D eigenvalue weighted by Gasteiger charge is -2.30. The zero-order valence-corrected chi connectivity index (χ0v) is 18.3. The van der Waals surface area contributed by atoms with Crippen LogP contribution in [0.15, 0.2) is 47.1 Å². The molecule has 0 spiro atoms. The van der Waals surface area contributed by atoms with Gasteiger partial charge in [0.25, 0.3) is 5.91 Å². The van der Waals surface area contributed by atoms with Crippen molar-refractivity contribution < 1.29 is 14.4 Å². The average molecular weight is 446 g/mol. The maximum Gasteiger partial charge on any atom is 0.259 e. The normalized spacial score (nSPS) is 21.9. The number of amides is 3. The van der Waals surface area contributed by atoms with Crippen LogP contribution in [0.2, 0.25) is 0 Å². The van der Waals surface area contributed by atoms with E-state index in [1.165, 1.54) is 0 Å². The summed E-state index contributed by atoms with van der Waals surface area (Å²) >= 11 is 0. The molecule has 33 heavy (non-hydrogen) atoms. The summed E-state index contributed by atoms with van der Waals surface area (Å²) in [5.74, 6) is -0.926. The Bertz CT molecular complexity index is 1200. The summed E-state index contributed by atoms with van der Waals surface area (Å²) in [6, 6.07) is 9.17. The molecular weight excluding hydrogens is 418 g/mol. The molecule has 2 saturated heterocycles. The van der Waals surface area contributed by atoms with Crippen LogP contribution in [0.4, 0.5) is 5.69 Å². The topological polar surface area (TPSA) is 117 Å². The number of nitrogens with two attached hydrogens (primary N) is 1. The van der Waals surface area contributed by atoms with Crippen LogP contribution < -0.4 is 21.3 Å². The van der Waals surface area contributed by atoms with Crippen molar-refractivity contribution in [3.63, 3.8) is 0 Å². The highest BCUT2D eigenvalue weighted by atomic mass is 16.2. The molecule has 4 N–H and O–H groups in total. The van der Waals surface area contributed by atoms with E-state index in [-0.39, 0.29) is 18.2 Å². The third-order valence-corrected chi connectivity index (χ3v) is 6.71. The number of carbonyl (C=O) groups is 3. The van der Waals surface area contributed by atoms with Crippen LogP contribution >= 0.6 is 0 Å². The summed E-state index contributed by atoms with van der Waals surface area (Å²) in [6.45, 7) is 1.96. The van der Waals surface area contributed by atoms with Crippen molar-refractivity contribution in [3.8, 4) is 0 Å². The molecule has 2 aromatic carbocycles. The average Bonchev–Trinajstić information content (AvgIpc) is 3.11. The molecule has 0 bridgehead atoms. The summed E-state index contributed by atoms with van der Waals surface area (Å²) in [7, 11) is 0. The van der Waals surface area contributed by atoms with Gasteiger partial charge < -0.3 is 11.1 Å². The van der Waals surface area contributed by atoms with E-state index in [4.69, 9.17) is 10.7 Å². The molecule has 1 atom stereocenters. The van der Waals surface area contributed by atoms with Crippen molar-refractivity contribution >= 4 is 40.4 Å². The van der Waals surface area contributed by atoms with Crippen molar-refractivity contribution in [1.82, 2.24) is 10.6 Å². The standard InChI is InChI=1S/C25H27N5O3/c26-13-15(14-28-17-8-10-27-11-9-17)12-16-4-5-20-23-18(16)2-1-3-19(23)25(33)30(20)21-6-7-22(31)29-24(21)32/h1-5,13-14,17,21,27H,6-12,26H2,(H,29,31,32). The highest BCUT2D eigenvalue weighted by molar-refractivity contribution is 6.27. The number of benzene rings is 2. The smallest absolute Gasteiger partial charge is 0.259 e. The second kappa shape index (κ2) is 8.78. The zero-order chi connectivity index (χ0) is 22.9. The molecular formula is C25H27N5O3. The van der Waals surface area contributed by atoms with E-state index < -0.39 is 11.9 Å². The Morgan fingerprint density at radius 2 is 1.94 bits per heavy atom. The second-order valence-corrected chi connectivity index (χ2v) is 8.79. The Kier molecular flexibility index (Phi) is 5.68. The largest absolute Gasteiger partial charge is 0.404 e. The van der Waals surface area contributed by atoms with Gasteiger partial charge in [-0.2, -0.15) is 0 Å². The van der Waals surface area contributed by atoms with Crippen LogP contribution in [0.3, 0.4) is 0 Å². The minimum Gasteiger partial charge on any atom is -0.404 e. The molecule has 0 radical (unpaired) electrons. The Morgan fingerprint density at radius 1 is 1.12 bits per heavy atom. The molecule has 170 valence electrons. The maximum absolute atomic E-state index is 13.3. The third-order valence-electron chi connectivity index (χ3n) is 6.71. The Morgan fingerprint density at radius 3 is 2.70 bits per heavy atom. The number of piperidine rings is 2. The van der Waals surface area contributed by atoms with Crippen LogP contribution in [0.25, 0.3) is 10.8 Å². The fourth-order valence-electron chi connectivity index (χ4n) is 4.98. The van der Waals surface area contributed by atoms with E-state index >= 15 is 0 Å². The molecule has 3 heterocycles. The van der Waals surface area contributed by atoms with Gasteiger partial charge in [0.15, 0.2) is 0 Å². The zero-order valence-electron chi connectivity index (χ0n) is 18.3. The number of imide groups is 1. The molecule has 8 heteroatoms. The number of hydrogen-bond acceptors (Lipinski definition) is 6. The molecule has 3 aliphatic rings. The van der Waals surface area contributed by atoms with Gasteiger partial charge in [0.1, 0.15) is 6.04 Å². The molecule has 1 unspecified atom stereocenters. The van der Waals surface area contributed by atoms with Crippen LogP contribution in [-0.2, 0) is 16.0 Å². The van der Waals surface area contributed by atoms with Gasteiger partial charge >= 0.3 is 0 Å². The number of rotatable bonds is 5. The quantitative estimate of drug-likeness (QED) is 0.479. The van der Waals surface area contributed by atoms with E-state index in [1.807, 2.05) is 30.5 Å². The van der Waals surface area contributed by atoms with E-state index in [1.54, 1.807) is 17.2 Å². The fourth-order valence-corrected chi connectivity index (χ4v) is 4.98. The number of nitrogens with zero attached hydrogens (tertiary/aromatic N) is 2. The molecule has 2 fully saturated rings. The van der Waals surface area contributed by atoms with Crippen molar-refractivity contribution in [3.05, 3.63) is 53.2 Å². The van der Waals surface area contributed by atoms with Gasteiger partial charge in [-0.15, -0.1) is 0 Å². The Labute approximate surface area is 191 Å². The lowest BCUT2D eigenvalue weighted by molar-refractivity contribution is -0.134. The first kappa shape index (κ1) is 21.3. The molecule has 0 saturated carbocycles. The number of aliphatic imine (C=N–C) groups is 1. The van der Waals surface area contributed by atoms with Gasteiger partial charge in [0.05, 0.1) is 11.7 Å². The van der Waals surface area contributed by atoms with Crippen molar-refractivity contribution in [2.24, 2.45) is 10.7 Å². The minimum absolute atomic E-state index is 0.204. The molecule has 8 nitrogen and oxygen atoms in total. The van der Waals surface area contributed by atoms with Crippen molar-refractivity contribution in [2.45, 2.75) is 44.2 Å². The first-order valence-corrected chi connectivity index (χ1v) is 11.4. The summed E-state index contributed by atoms with van der Waals surface area (Å²) in [5.41, 5.74) is 9.17. The lowest BCUT2D eigenvalue weighted by Crippen LogP contribution is -2.53. The summed E-state index contributed by atoms with van der Waals surface area (Å²) in [5, 5.41) is 7.51. The van der Waals surface area contributed by atoms with Gasteiger partial charge in [-0.25, -0.2) is 0 Å². The van der Waals surface area contributed by atoms with E-state index in [0.717, 1.165) is 47.8 Å². The van der Waals surface area contributed by atoms with Gasteiger partial charge in [-0.1, -0.05) is 18.2 Å². The monoisotopic (exact) mass is 445 g/mol. The number of allylic oxidation sites excluding steroid dienone is 1. The van der Waals surface area contributed by atoms with E-state index in [2.05, 4.69) is 10.6 Å². The van der Waals surface area contributed by atoms with Gasteiger partial charge in [0.2, 0.25) is 11.8 Å². The first-order chi connectivity index (χ1) is 16.1. The predicted octanol–water partition coefficient (Wildman–Crippen LogP) is 1.81. The lowest BCUT2D eigenvalue weighted by atomic mass is 9.96. The molecule has 2 aromatic rings. The highest BCUT2D eigenvalue weighted by Crippen LogP contribution is 2.41. The first-order valence-electron chi connectivity index (χ1n) is 11.4. The van der Waals surface area contributed by atoms with Crippen LogP contribution in [0.5, 0.6) is 0 Å². The number of carbonyl (C=O) groups excluding carboxylic acids is 3. The van der Waals surface area contributed by atoms with Gasteiger partial charge in [-0.05, 0) is 67.2 Å². The van der Waals surface area contributed by atoms with Crippen molar-refractivity contribution in [2.75, 3.05) is 18.0 Å². The summed E-state index contributed by atoms with van der Waals surface area (Å²) in [4.78, 5) is 43.6. The molecule has 0 aromatic heterocycles. The van der Waals surface area contributed by atoms with E-state index in [9.17, 15) is 14.4 Å². The minimum atomic E-state index is -0.687. The summed E-state index contributed by atoms with van der Waals surface area (Å²) < 4.78 is 0. The summed E-state index contributed by atoms with van der Waals surface area (Å²) in [6.07, 6.45) is 6.65. The second-order valence-electron chi connectivity index (χ2n) is 8.79. The van der Waals surface area contributed by atoms with E-state index in [0.29, 0.717) is 30.1 Å². The van der Waals surface area contributed by atoms with Gasteiger partial charge in [-0.3, -0.25) is 29.6 Å². The molecule has 3 amide bonds.